The van der Waals surface area contributed by atoms with Crippen LogP contribution in [0.1, 0.15) is 5.82 Å². The van der Waals surface area contributed by atoms with E-state index in [1.807, 2.05) is 17.7 Å². The molecule has 1 aromatic carbocycles. The number of hydrogen-bond donors (Lipinski definition) is 0. The van der Waals surface area contributed by atoms with Crippen molar-refractivity contribution < 1.29 is 4.92 Å². The van der Waals surface area contributed by atoms with Crippen LogP contribution in [0.2, 0.25) is 0 Å². The third-order valence-corrected chi connectivity index (χ3v) is 3.09. The maximum Gasteiger partial charge on any atom is 0.270 e. The van der Waals surface area contributed by atoms with Crippen molar-refractivity contribution in [3.8, 4) is 5.69 Å². The average Bonchev–Trinajstić information content (AvgIpc) is 2.64. The molecular formula is C10H8IN3O2. The van der Waals surface area contributed by atoms with E-state index in [4.69, 9.17) is 0 Å². The van der Waals surface area contributed by atoms with Gasteiger partial charge in [-0.25, -0.2) is 4.98 Å². The minimum absolute atomic E-state index is 0.103. The van der Waals surface area contributed by atoms with Crippen LogP contribution in [-0.4, -0.2) is 14.5 Å². The Labute approximate surface area is 105 Å². The maximum absolute atomic E-state index is 10.6. The van der Waals surface area contributed by atoms with E-state index in [9.17, 15) is 10.1 Å². The summed E-state index contributed by atoms with van der Waals surface area (Å²) >= 11 is 2.08. The van der Waals surface area contributed by atoms with Gasteiger partial charge in [0.15, 0.2) is 0 Å². The molecule has 16 heavy (non-hydrogen) atoms. The number of aryl methyl sites for hydroxylation is 1. The lowest BCUT2D eigenvalue weighted by atomic mass is 10.3. The van der Waals surface area contributed by atoms with Crippen molar-refractivity contribution in [2.45, 2.75) is 6.92 Å². The molecule has 0 saturated carbocycles. The first-order chi connectivity index (χ1) is 7.59. The fraction of sp³-hybridized carbons (Fsp3) is 0.100. The molecule has 0 N–H and O–H groups in total. The first kappa shape index (κ1) is 11.1. The third-order valence-electron chi connectivity index (χ3n) is 2.23. The number of nitrogens with zero attached hydrogens (tertiary/aromatic N) is 3. The number of imidazole rings is 1. The SMILES string of the molecule is Cc1nccn1-c1ccc([N+](=O)[O-])cc1I. The largest absolute Gasteiger partial charge is 0.303 e. The number of halogens is 1. The van der Waals surface area contributed by atoms with E-state index in [-0.39, 0.29) is 5.69 Å². The fourth-order valence-electron chi connectivity index (χ4n) is 1.44. The van der Waals surface area contributed by atoms with E-state index < -0.39 is 4.92 Å². The standard InChI is InChI=1S/C10H8IN3O2/c1-7-12-4-5-13(7)10-3-2-8(14(15)16)6-9(10)11/h2-6H,1H3. The van der Waals surface area contributed by atoms with Gasteiger partial charge in [-0.2, -0.15) is 0 Å². The minimum atomic E-state index is -0.396. The van der Waals surface area contributed by atoms with E-state index in [1.165, 1.54) is 6.07 Å². The van der Waals surface area contributed by atoms with Crippen LogP contribution >= 0.6 is 22.6 Å². The van der Waals surface area contributed by atoms with Crippen molar-refractivity contribution in [3.05, 3.63) is 50.1 Å². The number of benzene rings is 1. The van der Waals surface area contributed by atoms with Crippen LogP contribution in [0.15, 0.2) is 30.6 Å². The van der Waals surface area contributed by atoms with Gasteiger partial charge >= 0.3 is 0 Å². The molecule has 0 radical (unpaired) electrons. The summed E-state index contributed by atoms with van der Waals surface area (Å²) in [7, 11) is 0. The molecule has 0 spiro atoms. The first-order valence-corrected chi connectivity index (χ1v) is 5.62. The summed E-state index contributed by atoms with van der Waals surface area (Å²) in [6, 6.07) is 4.78. The minimum Gasteiger partial charge on any atom is -0.303 e. The summed E-state index contributed by atoms with van der Waals surface area (Å²) in [4.78, 5) is 14.3. The topological polar surface area (TPSA) is 61.0 Å². The summed E-state index contributed by atoms with van der Waals surface area (Å²) in [5, 5.41) is 10.6. The van der Waals surface area contributed by atoms with Crippen LogP contribution in [0, 0.1) is 20.6 Å². The van der Waals surface area contributed by atoms with Gasteiger partial charge < -0.3 is 4.57 Å². The van der Waals surface area contributed by atoms with E-state index in [0.717, 1.165) is 15.1 Å². The van der Waals surface area contributed by atoms with Gasteiger partial charge in [0.1, 0.15) is 5.82 Å². The van der Waals surface area contributed by atoms with E-state index >= 15 is 0 Å². The van der Waals surface area contributed by atoms with Crippen molar-refractivity contribution in [1.29, 1.82) is 0 Å². The van der Waals surface area contributed by atoms with E-state index in [2.05, 4.69) is 27.6 Å². The Morgan fingerprint density at radius 2 is 2.25 bits per heavy atom. The fourth-order valence-corrected chi connectivity index (χ4v) is 2.20. The van der Waals surface area contributed by atoms with Crippen molar-refractivity contribution >= 4 is 28.3 Å². The molecule has 0 aliphatic heterocycles. The smallest absolute Gasteiger partial charge is 0.270 e. The molecule has 5 nitrogen and oxygen atoms in total. The average molecular weight is 329 g/mol. The lowest BCUT2D eigenvalue weighted by Gasteiger charge is -2.07. The zero-order valence-corrected chi connectivity index (χ0v) is 10.6. The molecule has 0 bridgehead atoms. The van der Waals surface area contributed by atoms with E-state index in [0.29, 0.717) is 0 Å². The molecule has 0 fully saturated rings. The summed E-state index contributed by atoms with van der Waals surface area (Å²) in [6.45, 7) is 1.89. The number of hydrogen-bond acceptors (Lipinski definition) is 3. The summed E-state index contributed by atoms with van der Waals surface area (Å²) in [5.74, 6) is 0.853. The van der Waals surface area contributed by atoms with Crippen LogP contribution in [0.3, 0.4) is 0 Å². The van der Waals surface area contributed by atoms with E-state index in [1.54, 1.807) is 18.3 Å². The third kappa shape index (κ3) is 1.92. The highest BCUT2D eigenvalue weighted by atomic mass is 127. The Bertz CT molecular complexity index is 551. The Balaban J connectivity index is 2.52. The van der Waals surface area contributed by atoms with Crippen LogP contribution in [0.4, 0.5) is 5.69 Å². The van der Waals surface area contributed by atoms with Gasteiger partial charge in [-0.1, -0.05) is 0 Å². The van der Waals surface area contributed by atoms with Crippen LogP contribution in [0.5, 0.6) is 0 Å². The zero-order chi connectivity index (χ0) is 11.7. The molecule has 0 unspecified atom stereocenters. The highest BCUT2D eigenvalue weighted by molar-refractivity contribution is 14.1. The van der Waals surface area contributed by atoms with Gasteiger partial charge in [0.25, 0.3) is 5.69 Å². The molecular weight excluding hydrogens is 321 g/mol. The molecule has 6 heteroatoms. The molecule has 0 aliphatic rings. The van der Waals surface area contributed by atoms with Gasteiger partial charge in [-0.3, -0.25) is 10.1 Å². The number of nitro groups is 1. The number of aromatic nitrogens is 2. The summed E-state index contributed by atoms with van der Waals surface area (Å²) in [6.07, 6.45) is 3.53. The van der Waals surface area contributed by atoms with Gasteiger partial charge in [-0.05, 0) is 35.6 Å². The van der Waals surface area contributed by atoms with Crippen molar-refractivity contribution in [1.82, 2.24) is 9.55 Å². The summed E-state index contributed by atoms with van der Waals surface area (Å²) in [5.41, 5.74) is 1.01. The van der Waals surface area contributed by atoms with Gasteiger partial charge in [0, 0.05) is 28.1 Å². The summed E-state index contributed by atoms with van der Waals surface area (Å²) < 4.78 is 2.72. The Morgan fingerprint density at radius 3 is 2.75 bits per heavy atom. The number of rotatable bonds is 2. The van der Waals surface area contributed by atoms with Crippen LogP contribution in [-0.2, 0) is 0 Å². The lowest BCUT2D eigenvalue weighted by molar-refractivity contribution is -0.384. The van der Waals surface area contributed by atoms with Gasteiger partial charge in [0.05, 0.1) is 10.6 Å². The number of non-ortho nitro benzene ring substituents is 1. The molecule has 2 rings (SSSR count). The van der Waals surface area contributed by atoms with Crippen molar-refractivity contribution in [3.63, 3.8) is 0 Å². The Hall–Kier alpha value is -1.44. The molecule has 0 atom stereocenters. The molecule has 1 aromatic heterocycles. The zero-order valence-electron chi connectivity index (χ0n) is 8.42. The second kappa shape index (κ2) is 4.20. The second-order valence-corrected chi connectivity index (χ2v) is 4.40. The van der Waals surface area contributed by atoms with Crippen LogP contribution in [0.25, 0.3) is 5.69 Å². The van der Waals surface area contributed by atoms with Gasteiger partial charge in [0.2, 0.25) is 0 Å². The normalized spacial score (nSPS) is 10.4. The first-order valence-electron chi connectivity index (χ1n) is 4.54. The molecule has 1 heterocycles. The molecule has 82 valence electrons. The predicted molar refractivity (Wildman–Crippen MR) is 67.7 cm³/mol. The quantitative estimate of drug-likeness (QED) is 0.483. The monoisotopic (exact) mass is 329 g/mol. The van der Waals surface area contributed by atoms with Crippen molar-refractivity contribution in [2.75, 3.05) is 0 Å². The molecule has 2 aromatic rings. The lowest BCUT2D eigenvalue weighted by Crippen LogP contribution is -1.99. The Morgan fingerprint density at radius 1 is 1.50 bits per heavy atom. The maximum atomic E-state index is 10.6. The second-order valence-electron chi connectivity index (χ2n) is 3.24. The Kier molecular flexibility index (Phi) is 2.90. The number of nitro benzene ring substituents is 1. The van der Waals surface area contributed by atoms with Crippen molar-refractivity contribution in [2.24, 2.45) is 0 Å². The van der Waals surface area contributed by atoms with Crippen LogP contribution < -0.4 is 0 Å². The predicted octanol–water partition coefficient (Wildman–Crippen LogP) is 2.69. The molecule has 0 aliphatic carbocycles. The molecule has 0 amide bonds. The molecule has 0 saturated heterocycles. The highest BCUT2D eigenvalue weighted by Crippen LogP contribution is 2.23. The highest BCUT2D eigenvalue weighted by Gasteiger charge is 2.10. The van der Waals surface area contributed by atoms with Gasteiger partial charge in [-0.15, -0.1) is 0 Å².